The molecule has 2 rings (SSSR count). The molecule has 1 heterocycles. The molecule has 9 nitrogen and oxygen atoms in total. The van der Waals surface area contributed by atoms with Crippen molar-refractivity contribution in [3.05, 3.63) is 23.9 Å². The van der Waals surface area contributed by atoms with Gasteiger partial charge in [-0.3, -0.25) is 4.79 Å². The number of benzene rings is 1. The topological polar surface area (TPSA) is 129 Å². The summed E-state index contributed by atoms with van der Waals surface area (Å²) >= 11 is 0. The lowest BCUT2D eigenvalue weighted by atomic mass is 10.1. The SMILES string of the molecule is CCOC(=O)c1n[nH]nc1-c1ccc(OCC(N)=O)c(OC)c1. The molecule has 0 saturated carbocycles. The molecule has 1 aromatic heterocycles. The Bertz CT molecular complexity index is 713. The highest BCUT2D eigenvalue weighted by atomic mass is 16.5. The molecule has 0 radical (unpaired) electrons. The Hall–Kier alpha value is -3.10. The van der Waals surface area contributed by atoms with Gasteiger partial charge in [-0.25, -0.2) is 4.79 Å². The van der Waals surface area contributed by atoms with Crippen LogP contribution in [0.5, 0.6) is 11.5 Å². The quantitative estimate of drug-likeness (QED) is 0.711. The van der Waals surface area contributed by atoms with Gasteiger partial charge >= 0.3 is 5.97 Å². The van der Waals surface area contributed by atoms with Crippen LogP contribution in [0.25, 0.3) is 11.3 Å². The maximum absolute atomic E-state index is 11.8. The number of aromatic amines is 1. The van der Waals surface area contributed by atoms with Gasteiger partial charge in [-0.1, -0.05) is 0 Å². The third kappa shape index (κ3) is 3.76. The number of esters is 1. The summed E-state index contributed by atoms with van der Waals surface area (Å²) in [5, 5.41) is 10.2. The van der Waals surface area contributed by atoms with Gasteiger partial charge in [0, 0.05) is 5.56 Å². The van der Waals surface area contributed by atoms with Crippen LogP contribution in [0.1, 0.15) is 17.4 Å². The van der Waals surface area contributed by atoms with Crippen LogP contribution in [0.2, 0.25) is 0 Å². The van der Waals surface area contributed by atoms with E-state index in [0.29, 0.717) is 22.8 Å². The molecule has 0 spiro atoms. The van der Waals surface area contributed by atoms with Gasteiger partial charge in [0.05, 0.1) is 13.7 Å². The first-order valence-electron chi connectivity index (χ1n) is 6.74. The standard InChI is InChI=1S/C14H16N4O5/c1-3-22-14(20)13-12(16-18-17-13)8-4-5-9(10(6-8)21-2)23-7-11(15)19/h4-6H,3,7H2,1-2H3,(H2,15,19)(H,16,17,18). The van der Waals surface area contributed by atoms with Crippen LogP contribution in [0, 0.1) is 0 Å². The van der Waals surface area contributed by atoms with E-state index in [9.17, 15) is 9.59 Å². The van der Waals surface area contributed by atoms with Gasteiger partial charge in [0.1, 0.15) is 5.69 Å². The van der Waals surface area contributed by atoms with Crippen molar-refractivity contribution in [2.75, 3.05) is 20.3 Å². The molecular formula is C14H16N4O5. The second kappa shape index (κ2) is 7.25. The Morgan fingerprint density at radius 2 is 2.04 bits per heavy atom. The molecule has 0 fully saturated rings. The minimum absolute atomic E-state index is 0.0692. The maximum atomic E-state index is 11.8. The first kappa shape index (κ1) is 16.3. The lowest BCUT2D eigenvalue weighted by Gasteiger charge is -2.10. The summed E-state index contributed by atoms with van der Waals surface area (Å²) in [6, 6.07) is 4.84. The number of nitrogens with one attached hydrogen (secondary N) is 1. The van der Waals surface area contributed by atoms with Crippen molar-refractivity contribution in [3.63, 3.8) is 0 Å². The molecule has 1 amide bonds. The molecule has 23 heavy (non-hydrogen) atoms. The number of carbonyl (C=O) groups is 2. The van der Waals surface area contributed by atoms with Crippen LogP contribution in [0.15, 0.2) is 18.2 Å². The zero-order valence-electron chi connectivity index (χ0n) is 12.7. The first-order valence-corrected chi connectivity index (χ1v) is 6.74. The van der Waals surface area contributed by atoms with Crippen LogP contribution in [-0.4, -0.2) is 47.6 Å². The predicted octanol–water partition coefficient (Wildman–Crippen LogP) is 0.521. The number of H-pyrrole nitrogens is 1. The number of nitrogens with two attached hydrogens (primary N) is 1. The molecule has 2 aromatic rings. The number of carbonyl (C=O) groups excluding carboxylic acids is 2. The number of amides is 1. The zero-order valence-corrected chi connectivity index (χ0v) is 12.7. The number of primary amides is 1. The van der Waals surface area contributed by atoms with Crippen molar-refractivity contribution in [1.82, 2.24) is 15.4 Å². The molecule has 0 aliphatic carbocycles. The number of aromatic nitrogens is 3. The fraction of sp³-hybridized carbons (Fsp3) is 0.286. The van der Waals surface area contributed by atoms with Crippen LogP contribution >= 0.6 is 0 Å². The number of ether oxygens (including phenoxy) is 3. The van der Waals surface area contributed by atoms with Crippen LogP contribution in [0.3, 0.4) is 0 Å². The van der Waals surface area contributed by atoms with Gasteiger partial charge in [-0.15, -0.1) is 5.10 Å². The van der Waals surface area contributed by atoms with Gasteiger partial charge in [0.25, 0.3) is 5.91 Å². The average molecular weight is 320 g/mol. The van der Waals surface area contributed by atoms with E-state index in [1.54, 1.807) is 25.1 Å². The summed E-state index contributed by atoms with van der Waals surface area (Å²) in [6.07, 6.45) is 0. The van der Waals surface area contributed by atoms with Crippen molar-refractivity contribution in [2.24, 2.45) is 5.73 Å². The Morgan fingerprint density at radius 1 is 1.26 bits per heavy atom. The van der Waals surface area contributed by atoms with E-state index >= 15 is 0 Å². The Morgan fingerprint density at radius 3 is 2.70 bits per heavy atom. The third-order valence-electron chi connectivity index (χ3n) is 2.82. The number of methoxy groups -OCH3 is 1. The van der Waals surface area contributed by atoms with E-state index in [2.05, 4.69) is 15.4 Å². The lowest BCUT2D eigenvalue weighted by Crippen LogP contribution is -2.20. The normalized spacial score (nSPS) is 10.2. The number of hydrogen-bond donors (Lipinski definition) is 2. The van der Waals surface area contributed by atoms with Crippen LogP contribution < -0.4 is 15.2 Å². The number of hydrogen-bond acceptors (Lipinski definition) is 7. The van der Waals surface area contributed by atoms with Gasteiger partial charge in [-0.2, -0.15) is 10.3 Å². The van der Waals surface area contributed by atoms with Gasteiger partial charge < -0.3 is 19.9 Å². The van der Waals surface area contributed by atoms with E-state index in [1.165, 1.54) is 7.11 Å². The van der Waals surface area contributed by atoms with Gasteiger partial charge in [0.2, 0.25) is 0 Å². The highest BCUT2D eigenvalue weighted by molar-refractivity contribution is 5.94. The summed E-state index contributed by atoms with van der Waals surface area (Å²) in [7, 11) is 1.45. The van der Waals surface area contributed by atoms with Crippen molar-refractivity contribution < 1.29 is 23.8 Å². The largest absolute Gasteiger partial charge is 0.493 e. The molecule has 0 aliphatic heterocycles. The fourth-order valence-electron chi connectivity index (χ4n) is 1.86. The molecule has 0 atom stereocenters. The smallest absolute Gasteiger partial charge is 0.361 e. The Kier molecular flexibility index (Phi) is 5.13. The Balaban J connectivity index is 2.33. The average Bonchev–Trinajstić information content (AvgIpc) is 3.02. The summed E-state index contributed by atoms with van der Waals surface area (Å²) in [6.45, 7) is 1.66. The van der Waals surface area contributed by atoms with Crippen molar-refractivity contribution >= 4 is 11.9 Å². The van der Waals surface area contributed by atoms with Gasteiger partial charge in [-0.05, 0) is 25.1 Å². The van der Waals surface area contributed by atoms with Crippen molar-refractivity contribution in [2.45, 2.75) is 6.92 Å². The van der Waals surface area contributed by atoms with E-state index in [-0.39, 0.29) is 18.9 Å². The summed E-state index contributed by atoms with van der Waals surface area (Å²) in [5.74, 6) is -0.473. The van der Waals surface area contributed by atoms with E-state index in [4.69, 9.17) is 19.9 Å². The molecule has 0 saturated heterocycles. The Labute approximate surface area is 131 Å². The predicted molar refractivity (Wildman–Crippen MR) is 79.0 cm³/mol. The fourth-order valence-corrected chi connectivity index (χ4v) is 1.86. The van der Waals surface area contributed by atoms with E-state index in [0.717, 1.165) is 0 Å². The minimum atomic E-state index is -0.600. The highest BCUT2D eigenvalue weighted by Gasteiger charge is 2.20. The number of nitrogens with zero attached hydrogens (tertiary/aromatic N) is 2. The van der Waals surface area contributed by atoms with E-state index < -0.39 is 11.9 Å². The molecule has 122 valence electrons. The summed E-state index contributed by atoms with van der Waals surface area (Å²) < 4.78 is 15.4. The molecule has 9 heteroatoms. The third-order valence-corrected chi connectivity index (χ3v) is 2.82. The molecule has 1 aromatic carbocycles. The summed E-state index contributed by atoms with van der Waals surface area (Å²) in [5.41, 5.74) is 6.01. The second-order valence-electron chi connectivity index (χ2n) is 4.36. The lowest BCUT2D eigenvalue weighted by molar-refractivity contribution is -0.119. The minimum Gasteiger partial charge on any atom is -0.493 e. The van der Waals surface area contributed by atoms with Crippen molar-refractivity contribution in [3.8, 4) is 22.8 Å². The monoisotopic (exact) mass is 320 g/mol. The van der Waals surface area contributed by atoms with Crippen LogP contribution in [-0.2, 0) is 9.53 Å². The maximum Gasteiger partial charge on any atom is 0.361 e. The summed E-state index contributed by atoms with van der Waals surface area (Å²) in [4.78, 5) is 22.6. The molecule has 3 N–H and O–H groups in total. The van der Waals surface area contributed by atoms with E-state index in [1.807, 2.05) is 0 Å². The highest BCUT2D eigenvalue weighted by Crippen LogP contribution is 2.32. The zero-order chi connectivity index (χ0) is 16.8. The van der Waals surface area contributed by atoms with Gasteiger partial charge in [0.15, 0.2) is 23.8 Å². The van der Waals surface area contributed by atoms with Crippen LogP contribution in [0.4, 0.5) is 0 Å². The molecule has 0 unspecified atom stereocenters. The second-order valence-corrected chi connectivity index (χ2v) is 4.36. The first-order chi connectivity index (χ1) is 11.1. The molecule has 0 aliphatic rings. The number of rotatable bonds is 7. The molecular weight excluding hydrogens is 304 g/mol. The molecule has 0 bridgehead atoms. The van der Waals surface area contributed by atoms with Crippen molar-refractivity contribution in [1.29, 1.82) is 0 Å².